The minimum Gasteiger partial charge on any atom is -0.541 e. The Bertz CT molecular complexity index is 86.6. The van der Waals surface area contributed by atoms with Crippen molar-refractivity contribution in [1.29, 1.82) is 0 Å². The number of rotatable bonds is 2. The van der Waals surface area contributed by atoms with Crippen molar-refractivity contribution in [2.45, 2.75) is 13.0 Å². The number of hydrogen-bond donors (Lipinski definition) is 1. The second-order valence-corrected chi connectivity index (χ2v) is 1.30. The van der Waals surface area contributed by atoms with Gasteiger partial charge in [-0.05, 0) is 6.92 Å². The van der Waals surface area contributed by atoms with Crippen LogP contribution in [0.5, 0.6) is 0 Å². The normalized spacial score (nSPS) is 12.8. The molecule has 0 bridgehead atoms. The second kappa shape index (κ2) is 3.46. The molecule has 0 heterocycles. The van der Waals surface area contributed by atoms with Gasteiger partial charge in [-0.3, -0.25) is 9.63 Å². The van der Waals surface area contributed by atoms with Gasteiger partial charge >= 0.3 is 14.0 Å². The Hall–Kier alpha value is -0.545. The van der Waals surface area contributed by atoms with Crippen LogP contribution >= 0.6 is 0 Å². The molecular weight excluding hydrogens is 109 g/mol. The molecular formula is C3H8BNO3. The lowest BCUT2D eigenvalue weighted by Gasteiger charge is -2.04. The SMILES string of the molecule is BOC(=O)[C@@H](C)ON. The average Bonchev–Trinajstić information content (AvgIpc) is 1.84. The van der Waals surface area contributed by atoms with Crippen molar-refractivity contribution in [3.8, 4) is 0 Å². The topological polar surface area (TPSA) is 61.5 Å². The minimum atomic E-state index is -0.667. The summed E-state index contributed by atoms with van der Waals surface area (Å²) in [5.41, 5.74) is 0. The van der Waals surface area contributed by atoms with E-state index < -0.39 is 12.1 Å². The number of carbonyl (C=O) groups is 1. The van der Waals surface area contributed by atoms with E-state index in [1.165, 1.54) is 15.0 Å². The molecule has 46 valence electrons. The first kappa shape index (κ1) is 7.45. The van der Waals surface area contributed by atoms with Gasteiger partial charge in [0.15, 0.2) is 6.10 Å². The maximum Gasteiger partial charge on any atom is 0.326 e. The molecule has 2 N–H and O–H groups in total. The van der Waals surface area contributed by atoms with Crippen LogP contribution in [0.1, 0.15) is 6.92 Å². The lowest BCUT2D eigenvalue weighted by atomic mass is 10.4. The van der Waals surface area contributed by atoms with E-state index in [1.54, 1.807) is 0 Å². The fourth-order valence-corrected chi connectivity index (χ4v) is 0.222. The van der Waals surface area contributed by atoms with E-state index in [-0.39, 0.29) is 0 Å². The van der Waals surface area contributed by atoms with Crippen LogP contribution in [0, 0.1) is 0 Å². The first-order valence-corrected chi connectivity index (χ1v) is 2.15. The molecule has 0 spiro atoms. The van der Waals surface area contributed by atoms with Crippen LogP contribution < -0.4 is 5.90 Å². The van der Waals surface area contributed by atoms with Crippen molar-refractivity contribution >= 4 is 14.0 Å². The number of hydrogen-bond acceptors (Lipinski definition) is 4. The van der Waals surface area contributed by atoms with Crippen molar-refractivity contribution < 1.29 is 14.3 Å². The summed E-state index contributed by atoms with van der Waals surface area (Å²) in [5.74, 6) is 4.18. The number of nitrogens with two attached hydrogens (primary N) is 1. The van der Waals surface area contributed by atoms with Crippen LogP contribution in [0.15, 0.2) is 0 Å². The molecule has 5 heteroatoms. The lowest BCUT2D eigenvalue weighted by molar-refractivity contribution is -0.146. The molecule has 8 heavy (non-hydrogen) atoms. The van der Waals surface area contributed by atoms with E-state index in [9.17, 15) is 4.79 Å². The first-order chi connectivity index (χ1) is 3.72. The zero-order valence-electron chi connectivity index (χ0n) is 4.88. The van der Waals surface area contributed by atoms with E-state index in [1.807, 2.05) is 0 Å². The third kappa shape index (κ3) is 1.95. The van der Waals surface area contributed by atoms with Gasteiger partial charge in [0.1, 0.15) is 0 Å². The van der Waals surface area contributed by atoms with Crippen LogP contribution in [0.2, 0.25) is 0 Å². The van der Waals surface area contributed by atoms with Gasteiger partial charge < -0.3 is 4.65 Å². The van der Waals surface area contributed by atoms with Gasteiger partial charge in [0.05, 0.1) is 0 Å². The molecule has 0 saturated heterocycles. The zero-order chi connectivity index (χ0) is 6.57. The number of carbonyl (C=O) groups excluding carboxylic acids is 1. The molecule has 0 aromatic carbocycles. The highest BCUT2D eigenvalue weighted by Gasteiger charge is 2.09. The smallest absolute Gasteiger partial charge is 0.326 e. The fraction of sp³-hybridized carbons (Fsp3) is 0.667. The molecule has 0 aliphatic heterocycles. The van der Waals surface area contributed by atoms with Crippen molar-refractivity contribution in [2.24, 2.45) is 5.90 Å². The molecule has 4 nitrogen and oxygen atoms in total. The summed E-state index contributed by atoms with van der Waals surface area (Å²) in [6.45, 7) is 1.51. The van der Waals surface area contributed by atoms with Crippen molar-refractivity contribution in [3.63, 3.8) is 0 Å². The van der Waals surface area contributed by atoms with Crippen LogP contribution in [0.25, 0.3) is 0 Å². The molecule has 0 fully saturated rings. The third-order valence-corrected chi connectivity index (χ3v) is 0.737. The van der Waals surface area contributed by atoms with E-state index in [4.69, 9.17) is 0 Å². The standard InChI is InChI=1S/C3H8BNO3/c1-2(8-5)3(6)7-4/h2H,4-5H2,1H3/t2-/m1/s1. The molecule has 0 aromatic heterocycles. The Morgan fingerprint density at radius 1 is 1.88 bits per heavy atom. The van der Waals surface area contributed by atoms with Gasteiger partial charge in [-0.15, -0.1) is 0 Å². The summed E-state index contributed by atoms with van der Waals surface area (Å²) in [5, 5.41) is 0. The lowest BCUT2D eigenvalue weighted by Crippen LogP contribution is -2.25. The van der Waals surface area contributed by atoms with Crippen LogP contribution in [0.4, 0.5) is 0 Å². The highest BCUT2D eigenvalue weighted by atomic mass is 16.6. The van der Waals surface area contributed by atoms with Crippen molar-refractivity contribution in [2.75, 3.05) is 0 Å². The van der Waals surface area contributed by atoms with Gasteiger partial charge in [-0.1, -0.05) is 0 Å². The minimum absolute atomic E-state index is 0.465. The highest BCUT2D eigenvalue weighted by Crippen LogP contribution is 1.85. The largest absolute Gasteiger partial charge is 0.541 e. The molecule has 0 aliphatic rings. The van der Waals surface area contributed by atoms with Crippen LogP contribution in [-0.4, -0.2) is 20.1 Å². The maximum atomic E-state index is 10.3. The van der Waals surface area contributed by atoms with Gasteiger partial charge in [0.25, 0.3) is 0 Å². The van der Waals surface area contributed by atoms with E-state index in [0.29, 0.717) is 0 Å². The fourth-order valence-electron chi connectivity index (χ4n) is 0.222. The summed E-state index contributed by atoms with van der Waals surface area (Å²) in [6.07, 6.45) is -0.667. The van der Waals surface area contributed by atoms with E-state index in [2.05, 4.69) is 15.4 Å². The molecule has 0 aliphatic carbocycles. The van der Waals surface area contributed by atoms with Crippen LogP contribution in [-0.2, 0) is 14.3 Å². The van der Waals surface area contributed by atoms with E-state index in [0.717, 1.165) is 0 Å². The van der Waals surface area contributed by atoms with Gasteiger partial charge in [-0.2, -0.15) is 0 Å². The Labute approximate surface area is 48.3 Å². The van der Waals surface area contributed by atoms with E-state index >= 15 is 0 Å². The molecule has 1 atom stereocenters. The monoisotopic (exact) mass is 117 g/mol. The summed E-state index contributed by atoms with van der Waals surface area (Å²) < 4.78 is 4.26. The molecule has 0 unspecified atom stereocenters. The molecule has 0 aromatic rings. The van der Waals surface area contributed by atoms with Gasteiger partial charge in [-0.25, -0.2) is 5.90 Å². The highest BCUT2D eigenvalue weighted by molar-refractivity contribution is 6.06. The average molecular weight is 117 g/mol. The Morgan fingerprint density at radius 2 is 2.38 bits per heavy atom. The Morgan fingerprint density at radius 3 is 2.50 bits per heavy atom. The second-order valence-electron chi connectivity index (χ2n) is 1.30. The summed E-state index contributed by atoms with van der Waals surface area (Å²) >= 11 is 0. The third-order valence-electron chi connectivity index (χ3n) is 0.737. The Kier molecular flexibility index (Phi) is 3.22. The van der Waals surface area contributed by atoms with Gasteiger partial charge in [0.2, 0.25) is 0 Å². The molecule has 0 rings (SSSR count). The predicted molar refractivity (Wildman–Crippen MR) is 29.4 cm³/mol. The van der Waals surface area contributed by atoms with Gasteiger partial charge in [0, 0.05) is 0 Å². The Balaban J connectivity index is 3.46. The van der Waals surface area contributed by atoms with Crippen LogP contribution in [0.3, 0.4) is 0 Å². The summed E-state index contributed by atoms with van der Waals surface area (Å²) in [7, 11) is 1.28. The molecule has 0 amide bonds. The van der Waals surface area contributed by atoms with Crippen molar-refractivity contribution in [1.82, 2.24) is 0 Å². The molecule has 0 saturated carbocycles. The summed E-state index contributed by atoms with van der Waals surface area (Å²) in [4.78, 5) is 14.4. The maximum absolute atomic E-state index is 10.3. The molecule has 0 radical (unpaired) electrons. The zero-order valence-corrected chi connectivity index (χ0v) is 4.88. The van der Waals surface area contributed by atoms with Crippen molar-refractivity contribution in [3.05, 3.63) is 0 Å². The summed E-state index contributed by atoms with van der Waals surface area (Å²) in [6, 6.07) is 0. The predicted octanol–water partition coefficient (Wildman–Crippen LogP) is -1.64. The first-order valence-electron chi connectivity index (χ1n) is 2.15. The quantitative estimate of drug-likeness (QED) is 0.348.